The third-order valence-electron chi connectivity index (χ3n) is 3.57. The van der Waals surface area contributed by atoms with Gasteiger partial charge in [-0.1, -0.05) is 18.2 Å². The second-order valence-corrected chi connectivity index (χ2v) is 5.57. The summed E-state index contributed by atoms with van der Waals surface area (Å²) in [6.07, 6.45) is -0.837. The van der Waals surface area contributed by atoms with Crippen molar-refractivity contribution < 1.29 is 14.3 Å². The third kappa shape index (κ3) is 3.41. The van der Waals surface area contributed by atoms with Gasteiger partial charge in [0.25, 0.3) is 5.91 Å². The molecule has 0 spiro atoms. The average molecular weight is 315 g/mol. The van der Waals surface area contributed by atoms with E-state index >= 15 is 0 Å². The number of aromatic nitrogens is 2. The molecule has 0 saturated carbocycles. The van der Waals surface area contributed by atoms with E-state index < -0.39 is 12.1 Å². The normalized spacial score (nSPS) is 11.9. The van der Waals surface area contributed by atoms with Crippen molar-refractivity contribution in [3.05, 3.63) is 47.3 Å². The number of esters is 1. The molecule has 1 amide bonds. The summed E-state index contributed by atoms with van der Waals surface area (Å²) < 4.78 is 6.99. The van der Waals surface area contributed by atoms with Crippen LogP contribution in [0.25, 0.3) is 5.69 Å². The van der Waals surface area contributed by atoms with Crippen LogP contribution in [0.3, 0.4) is 0 Å². The number of para-hydroxylation sites is 1. The molecule has 1 aromatic carbocycles. The van der Waals surface area contributed by atoms with Gasteiger partial charge in [0.05, 0.1) is 17.1 Å². The molecular weight excluding hydrogens is 294 g/mol. The Kier molecular flexibility index (Phi) is 4.83. The van der Waals surface area contributed by atoms with E-state index in [0.717, 1.165) is 5.69 Å². The maximum absolute atomic E-state index is 12.4. The highest BCUT2D eigenvalue weighted by Crippen LogP contribution is 2.19. The Morgan fingerprint density at radius 2 is 1.78 bits per heavy atom. The van der Waals surface area contributed by atoms with Gasteiger partial charge in [-0.3, -0.25) is 4.79 Å². The highest BCUT2D eigenvalue weighted by molar-refractivity contribution is 5.94. The molecular formula is C17H21N3O3. The SMILES string of the molecule is Cc1nn(-c2ccccc2)c(C)c1C(=O)O[C@H](C)C(=O)N(C)C. The van der Waals surface area contributed by atoms with Gasteiger partial charge in [0.2, 0.25) is 0 Å². The zero-order valence-electron chi connectivity index (χ0n) is 14.0. The van der Waals surface area contributed by atoms with Crippen LogP contribution in [0.4, 0.5) is 0 Å². The fourth-order valence-corrected chi connectivity index (χ4v) is 2.39. The van der Waals surface area contributed by atoms with Gasteiger partial charge in [-0.25, -0.2) is 9.48 Å². The van der Waals surface area contributed by atoms with Crippen LogP contribution in [0, 0.1) is 13.8 Å². The van der Waals surface area contributed by atoms with Crippen LogP contribution in [0.1, 0.15) is 28.7 Å². The van der Waals surface area contributed by atoms with E-state index in [4.69, 9.17) is 4.74 Å². The van der Waals surface area contributed by atoms with Crippen LogP contribution in [-0.2, 0) is 9.53 Å². The Bertz CT molecular complexity index is 720. The minimum atomic E-state index is -0.837. The van der Waals surface area contributed by atoms with Crippen LogP contribution < -0.4 is 0 Å². The largest absolute Gasteiger partial charge is 0.449 e. The van der Waals surface area contributed by atoms with Crippen LogP contribution >= 0.6 is 0 Å². The fourth-order valence-electron chi connectivity index (χ4n) is 2.39. The minimum Gasteiger partial charge on any atom is -0.449 e. The molecule has 2 aromatic rings. The number of amides is 1. The predicted molar refractivity (Wildman–Crippen MR) is 86.6 cm³/mol. The quantitative estimate of drug-likeness (QED) is 0.811. The van der Waals surface area contributed by atoms with Gasteiger partial charge < -0.3 is 9.64 Å². The monoisotopic (exact) mass is 315 g/mol. The zero-order valence-corrected chi connectivity index (χ0v) is 14.0. The molecule has 6 heteroatoms. The molecule has 1 atom stereocenters. The lowest BCUT2D eigenvalue weighted by Crippen LogP contribution is -2.35. The van der Waals surface area contributed by atoms with Gasteiger partial charge in [0, 0.05) is 14.1 Å². The van der Waals surface area contributed by atoms with Crippen molar-refractivity contribution in [2.45, 2.75) is 26.9 Å². The number of aryl methyl sites for hydroxylation is 1. The molecule has 0 aliphatic rings. The molecule has 0 aliphatic carbocycles. The standard InChI is InChI=1S/C17H21N3O3/c1-11-15(17(22)23-13(3)16(21)19(4)5)12(2)20(18-11)14-9-7-6-8-10-14/h6-10,13H,1-5H3/t13-/m1/s1. The zero-order chi connectivity index (χ0) is 17.1. The van der Waals surface area contributed by atoms with Gasteiger partial charge in [-0.05, 0) is 32.9 Å². The van der Waals surface area contributed by atoms with E-state index in [1.165, 1.54) is 4.90 Å². The molecule has 0 fully saturated rings. The van der Waals surface area contributed by atoms with Crippen molar-refractivity contribution in [3.63, 3.8) is 0 Å². The van der Waals surface area contributed by atoms with Crippen molar-refractivity contribution in [2.75, 3.05) is 14.1 Å². The second kappa shape index (κ2) is 6.64. The molecule has 0 unspecified atom stereocenters. The van der Waals surface area contributed by atoms with Crippen LogP contribution in [-0.4, -0.2) is 46.8 Å². The predicted octanol–water partition coefficient (Wildman–Crippen LogP) is 2.12. The van der Waals surface area contributed by atoms with E-state index in [1.54, 1.807) is 32.6 Å². The van der Waals surface area contributed by atoms with Crippen LogP contribution in [0.15, 0.2) is 30.3 Å². The Labute approximate surface area is 135 Å². The number of likely N-dealkylation sites (N-methyl/N-ethyl adjacent to an activating group) is 1. The van der Waals surface area contributed by atoms with Gasteiger partial charge >= 0.3 is 5.97 Å². The van der Waals surface area contributed by atoms with Gasteiger partial charge in [-0.15, -0.1) is 0 Å². The van der Waals surface area contributed by atoms with E-state index in [-0.39, 0.29) is 5.91 Å². The lowest BCUT2D eigenvalue weighted by molar-refractivity contribution is -0.137. The Morgan fingerprint density at radius 3 is 2.35 bits per heavy atom. The molecule has 0 N–H and O–H groups in total. The lowest BCUT2D eigenvalue weighted by Gasteiger charge is -2.17. The molecule has 122 valence electrons. The molecule has 0 bridgehead atoms. The molecule has 1 heterocycles. The molecule has 23 heavy (non-hydrogen) atoms. The lowest BCUT2D eigenvalue weighted by atomic mass is 10.2. The van der Waals surface area contributed by atoms with Crippen molar-refractivity contribution in [2.24, 2.45) is 0 Å². The summed E-state index contributed by atoms with van der Waals surface area (Å²) in [5.41, 5.74) is 2.51. The number of carbonyl (C=O) groups is 2. The van der Waals surface area contributed by atoms with Gasteiger partial charge in [-0.2, -0.15) is 5.10 Å². The van der Waals surface area contributed by atoms with Crippen LogP contribution in [0.5, 0.6) is 0 Å². The number of rotatable bonds is 4. The van der Waals surface area contributed by atoms with Crippen LogP contribution in [0.2, 0.25) is 0 Å². The third-order valence-corrected chi connectivity index (χ3v) is 3.57. The smallest absolute Gasteiger partial charge is 0.342 e. The van der Waals surface area contributed by atoms with E-state index in [0.29, 0.717) is 17.0 Å². The van der Waals surface area contributed by atoms with Gasteiger partial charge in [0.1, 0.15) is 5.56 Å². The molecule has 1 aromatic heterocycles. The number of benzene rings is 1. The summed E-state index contributed by atoms with van der Waals surface area (Å²) in [4.78, 5) is 25.7. The summed E-state index contributed by atoms with van der Waals surface area (Å²) >= 11 is 0. The average Bonchev–Trinajstić information content (AvgIpc) is 2.82. The Balaban J connectivity index is 2.29. The van der Waals surface area contributed by atoms with E-state index in [9.17, 15) is 9.59 Å². The maximum atomic E-state index is 12.4. The first-order chi connectivity index (χ1) is 10.8. The first kappa shape index (κ1) is 16.7. The van der Waals surface area contributed by atoms with E-state index in [2.05, 4.69) is 5.10 Å². The second-order valence-electron chi connectivity index (χ2n) is 5.57. The number of hydrogen-bond acceptors (Lipinski definition) is 4. The molecule has 2 rings (SSSR count). The number of nitrogens with zero attached hydrogens (tertiary/aromatic N) is 3. The summed E-state index contributed by atoms with van der Waals surface area (Å²) in [6, 6.07) is 9.54. The van der Waals surface area contributed by atoms with Gasteiger partial charge in [0.15, 0.2) is 6.10 Å². The summed E-state index contributed by atoms with van der Waals surface area (Å²) in [7, 11) is 3.24. The summed E-state index contributed by atoms with van der Waals surface area (Å²) in [5.74, 6) is -0.797. The van der Waals surface area contributed by atoms with E-state index in [1.807, 2.05) is 37.3 Å². The van der Waals surface area contributed by atoms with Crippen molar-refractivity contribution in [1.29, 1.82) is 0 Å². The number of ether oxygens (including phenoxy) is 1. The number of hydrogen-bond donors (Lipinski definition) is 0. The van der Waals surface area contributed by atoms with Crippen molar-refractivity contribution in [3.8, 4) is 5.69 Å². The highest BCUT2D eigenvalue weighted by Gasteiger charge is 2.25. The van der Waals surface area contributed by atoms with Crippen molar-refractivity contribution >= 4 is 11.9 Å². The topological polar surface area (TPSA) is 64.4 Å². The Morgan fingerprint density at radius 1 is 1.17 bits per heavy atom. The summed E-state index contributed by atoms with van der Waals surface area (Å²) in [6.45, 7) is 5.12. The fraction of sp³-hybridized carbons (Fsp3) is 0.353. The first-order valence-electron chi connectivity index (χ1n) is 7.36. The minimum absolute atomic E-state index is 0.260. The summed E-state index contributed by atoms with van der Waals surface area (Å²) in [5, 5.41) is 4.41. The Hall–Kier alpha value is -2.63. The van der Waals surface area contributed by atoms with Crippen molar-refractivity contribution in [1.82, 2.24) is 14.7 Å². The molecule has 6 nitrogen and oxygen atoms in total. The first-order valence-corrected chi connectivity index (χ1v) is 7.36. The maximum Gasteiger partial charge on any atom is 0.342 e. The number of carbonyl (C=O) groups excluding carboxylic acids is 2. The molecule has 0 saturated heterocycles. The molecule has 0 radical (unpaired) electrons. The highest BCUT2D eigenvalue weighted by atomic mass is 16.5. The molecule has 0 aliphatic heterocycles.